The van der Waals surface area contributed by atoms with Crippen LogP contribution in [-0.4, -0.2) is 22.0 Å². The van der Waals surface area contributed by atoms with Gasteiger partial charge in [0.15, 0.2) is 0 Å². The Morgan fingerprint density at radius 3 is 2.39 bits per heavy atom. The van der Waals surface area contributed by atoms with E-state index in [1.54, 1.807) is 66.7 Å². The zero-order valence-electron chi connectivity index (χ0n) is 16.8. The lowest BCUT2D eigenvalue weighted by molar-refractivity contribution is -0.123. The lowest BCUT2D eigenvalue weighted by Gasteiger charge is -2.14. The van der Waals surface area contributed by atoms with Gasteiger partial charge < -0.3 is 4.74 Å². The zero-order valence-corrected chi connectivity index (χ0v) is 20.7. The van der Waals surface area contributed by atoms with Gasteiger partial charge >= 0.3 is 5.97 Å². The van der Waals surface area contributed by atoms with Crippen molar-refractivity contribution in [1.82, 2.24) is 4.90 Å². The van der Waals surface area contributed by atoms with E-state index >= 15 is 0 Å². The summed E-state index contributed by atoms with van der Waals surface area (Å²) >= 11 is 16.6. The first-order valence-electron chi connectivity index (χ1n) is 9.58. The molecule has 166 valence electrons. The van der Waals surface area contributed by atoms with Gasteiger partial charge in [0.2, 0.25) is 0 Å². The summed E-state index contributed by atoms with van der Waals surface area (Å²) in [7, 11) is 0. The van der Waals surface area contributed by atoms with Crippen LogP contribution in [0.2, 0.25) is 10.0 Å². The maximum atomic E-state index is 13.0. The third-order valence-electron chi connectivity index (χ3n) is 4.72. The summed E-state index contributed by atoms with van der Waals surface area (Å²) in [5.74, 6) is -0.761. The van der Waals surface area contributed by atoms with Crippen LogP contribution in [0.15, 0.2) is 76.1 Å². The van der Waals surface area contributed by atoms with E-state index in [9.17, 15) is 14.4 Å². The minimum absolute atomic E-state index is 0.0468. The Labute approximate surface area is 212 Å². The minimum Gasteiger partial charge on any atom is -0.422 e. The second kappa shape index (κ2) is 10.1. The summed E-state index contributed by atoms with van der Waals surface area (Å²) < 4.78 is 6.27. The average molecular weight is 563 g/mol. The summed E-state index contributed by atoms with van der Waals surface area (Å²) in [6, 6.07) is 18.6. The van der Waals surface area contributed by atoms with E-state index in [1.165, 1.54) is 6.08 Å². The van der Waals surface area contributed by atoms with Gasteiger partial charge in [0.05, 0.1) is 17.0 Å². The third kappa shape index (κ3) is 5.33. The molecule has 0 atom stereocenters. The van der Waals surface area contributed by atoms with Crippen LogP contribution in [0.3, 0.4) is 0 Å². The molecule has 0 bridgehead atoms. The van der Waals surface area contributed by atoms with Crippen molar-refractivity contribution < 1.29 is 19.1 Å². The molecule has 9 heteroatoms. The number of carbonyl (C=O) groups excluding carboxylic acids is 3. The van der Waals surface area contributed by atoms with Crippen LogP contribution in [0.4, 0.5) is 4.79 Å². The molecular formula is C24H14BrCl2NO4S. The van der Waals surface area contributed by atoms with Crippen molar-refractivity contribution in [3.63, 3.8) is 0 Å². The molecule has 0 radical (unpaired) electrons. The van der Waals surface area contributed by atoms with E-state index in [0.29, 0.717) is 26.7 Å². The Balaban J connectivity index is 1.61. The van der Waals surface area contributed by atoms with Gasteiger partial charge in [0.25, 0.3) is 11.1 Å². The Bertz CT molecular complexity index is 1280. The van der Waals surface area contributed by atoms with Crippen LogP contribution in [0.5, 0.6) is 5.75 Å². The minimum atomic E-state index is -0.533. The normalized spacial score (nSPS) is 14.8. The topological polar surface area (TPSA) is 63.7 Å². The Kier molecular flexibility index (Phi) is 7.24. The maximum absolute atomic E-state index is 13.0. The van der Waals surface area contributed by atoms with E-state index in [0.717, 1.165) is 21.1 Å². The van der Waals surface area contributed by atoms with Gasteiger partial charge in [-0.05, 0) is 60.3 Å². The number of benzene rings is 3. The van der Waals surface area contributed by atoms with E-state index in [1.807, 2.05) is 0 Å². The molecule has 0 spiro atoms. The highest BCUT2D eigenvalue weighted by atomic mass is 79.9. The van der Waals surface area contributed by atoms with Gasteiger partial charge in [-0.25, -0.2) is 4.79 Å². The fourth-order valence-corrected chi connectivity index (χ4v) is 4.80. The lowest BCUT2D eigenvalue weighted by atomic mass is 10.1. The molecule has 1 aliphatic rings. The van der Waals surface area contributed by atoms with E-state index in [2.05, 4.69) is 15.9 Å². The summed E-state index contributed by atoms with van der Waals surface area (Å²) in [6.45, 7) is -0.0468. The Morgan fingerprint density at radius 1 is 1.00 bits per heavy atom. The van der Waals surface area contributed by atoms with Crippen molar-refractivity contribution in [2.75, 3.05) is 0 Å². The number of imide groups is 1. The molecular weight excluding hydrogens is 549 g/mol. The van der Waals surface area contributed by atoms with Crippen LogP contribution in [0.1, 0.15) is 21.5 Å². The largest absolute Gasteiger partial charge is 0.422 e. The molecule has 5 nitrogen and oxygen atoms in total. The molecule has 1 fully saturated rings. The molecule has 1 heterocycles. The van der Waals surface area contributed by atoms with Crippen molar-refractivity contribution >= 4 is 74.1 Å². The molecule has 2 amide bonds. The molecule has 1 aliphatic heterocycles. The highest BCUT2D eigenvalue weighted by molar-refractivity contribution is 9.10. The number of hydrogen-bond acceptors (Lipinski definition) is 5. The fourth-order valence-electron chi connectivity index (χ4n) is 3.08. The number of thioether (sulfide) groups is 1. The third-order valence-corrected chi connectivity index (χ3v) is 6.83. The maximum Gasteiger partial charge on any atom is 0.343 e. The number of ether oxygens (including phenoxy) is 1. The second-order valence-electron chi connectivity index (χ2n) is 6.91. The van der Waals surface area contributed by atoms with Gasteiger partial charge in [0, 0.05) is 25.6 Å². The van der Waals surface area contributed by atoms with Gasteiger partial charge in [0.1, 0.15) is 5.75 Å². The quantitative estimate of drug-likeness (QED) is 0.187. The standard InChI is InChI=1S/C24H14BrCl2NO4S/c25-16-9-10-20(32-23(30)14-5-2-1-3-6-14)15(11-16)12-21-22(29)28(24(31)33-21)13-17-18(26)7-4-8-19(17)27/h1-12H,13H2/b21-12-. The molecule has 0 aliphatic carbocycles. The first-order valence-corrected chi connectivity index (χ1v) is 11.9. The van der Waals surface area contributed by atoms with Crippen molar-refractivity contribution in [1.29, 1.82) is 0 Å². The number of nitrogens with zero attached hydrogens (tertiary/aromatic N) is 1. The van der Waals surface area contributed by atoms with Gasteiger partial charge in [-0.3, -0.25) is 14.5 Å². The van der Waals surface area contributed by atoms with E-state index in [-0.39, 0.29) is 17.2 Å². The number of halogens is 3. The van der Waals surface area contributed by atoms with Crippen LogP contribution in [0, 0.1) is 0 Å². The van der Waals surface area contributed by atoms with Crippen molar-refractivity contribution in [3.05, 3.63) is 103 Å². The molecule has 0 aromatic heterocycles. The van der Waals surface area contributed by atoms with E-state index in [4.69, 9.17) is 27.9 Å². The summed E-state index contributed by atoms with van der Waals surface area (Å²) in [4.78, 5) is 39.4. The van der Waals surface area contributed by atoms with E-state index < -0.39 is 17.1 Å². The monoisotopic (exact) mass is 561 g/mol. The van der Waals surface area contributed by atoms with Crippen molar-refractivity contribution in [3.8, 4) is 5.75 Å². The number of hydrogen-bond donors (Lipinski definition) is 0. The van der Waals surface area contributed by atoms with Gasteiger partial charge in [-0.1, -0.05) is 63.4 Å². The van der Waals surface area contributed by atoms with Gasteiger partial charge in [-0.15, -0.1) is 0 Å². The van der Waals surface area contributed by atoms with Crippen molar-refractivity contribution in [2.24, 2.45) is 0 Å². The van der Waals surface area contributed by atoms with Crippen molar-refractivity contribution in [2.45, 2.75) is 6.54 Å². The SMILES string of the molecule is O=C(Oc1ccc(Br)cc1/C=C1\SC(=O)N(Cc2c(Cl)cccc2Cl)C1=O)c1ccccc1. The lowest BCUT2D eigenvalue weighted by Crippen LogP contribution is -2.27. The van der Waals surface area contributed by atoms with Crippen LogP contribution in [0.25, 0.3) is 6.08 Å². The molecule has 1 saturated heterocycles. The first kappa shape index (κ1) is 23.6. The summed E-state index contributed by atoms with van der Waals surface area (Å²) in [5, 5.41) is 0.292. The predicted octanol–water partition coefficient (Wildman–Crippen LogP) is 7.21. The first-order chi connectivity index (χ1) is 15.8. The number of esters is 1. The zero-order chi connectivity index (χ0) is 23.5. The molecule has 0 N–H and O–H groups in total. The molecule has 0 unspecified atom stereocenters. The highest BCUT2D eigenvalue weighted by Gasteiger charge is 2.36. The van der Waals surface area contributed by atoms with Gasteiger partial charge in [-0.2, -0.15) is 0 Å². The Hall–Kier alpha value is -2.58. The highest BCUT2D eigenvalue weighted by Crippen LogP contribution is 2.37. The molecule has 4 rings (SSSR count). The van der Waals surface area contributed by atoms with Crippen LogP contribution < -0.4 is 4.74 Å². The molecule has 3 aromatic rings. The number of rotatable bonds is 5. The molecule has 33 heavy (non-hydrogen) atoms. The molecule has 3 aromatic carbocycles. The van der Waals surface area contributed by atoms with Crippen LogP contribution >= 0.6 is 50.9 Å². The fraction of sp³-hybridized carbons (Fsp3) is 0.0417. The predicted molar refractivity (Wildman–Crippen MR) is 134 cm³/mol. The Morgan fingerprint density at radius 2 is 1.70 bits per heavy atom. The summed E-state index contributed by atoms with van der Waals surface area (Å²) in [6.07, 6.45) is 1.53. The molecule has 0 saturated carbocycles. The number of amides is 2. The number of carbonyl (C=O) groups is 3. The average Bonchev–Trinajstić information content (AvgIpc) is 3.05. The summed E-state index contributed by atoms with van der Waals surface area (Å²) in [5.41, 5.74) is 1.35. The van der Waals surface area contributed by atoms with Crippen LogP contribution in [-0.2, 0) is 11.3 Å². The second-order valence-corrected chi connectivity index (χ2v) is 9.63. The smallest absolute Gasteiger partial charge is 0.343 e.